The minimum absolute atomic E-state index is 0.354. The van der Waals surface area contributed by atoms with E-state index in [4.69, 9.17) is 5.73 Å². The van der Waals surface area contributed by atoms with Crippen molar-refractivity contribution in [1.82, 2.24) is 14.7 Å². The molecule has 0 saturated carbocycles. The largest absolute Gasteiger partial charge is 0.401 e. The first-order valence-electron chi connectivity index (χ1n) is 6.83. The maximum absolute atomic E-state index is 12.8. The maximum atomic E-state index is 12.8. The Balaban J connectivity index is 3.04. The molecule has 2 unspecified atom stereocenters. The van der Waals surface area contributed by atoms with E-state index in [2.05, 4.69) is 5.10 Å². The molecular formula is C13H23F3N4. The Labute approximate surface area is 117 Å². The van der Waals surface area contributed by atoms with Gasteiger partial charge in [-0.15, -0.1) is 0 Å². The van der Waals surface area contributed by atoms with Crippen molar-refractivity contribution in [3.05, 3.63) is 18.0 Å². The lowest BCUT2D eigenvalue weighted by Gasteiger charge is -2.35. The topological polar surface area (TPSA) is 47.1 Å². The van der Waals surface area contributed by atoms with Crippen LogP contribution in [0.15, 0.2) is 12.4 Å². The zero-order chi connectivity index (χ0) is 15.3. The second kappa shape index (κ2) is 7.08. The Morgan fingerprint density at radius 1 is 1.40 bits per heavy atom. The Morgan fingerprint density at radius 3 is 2.45 bits per heavy atom. The number of nitrogens with two attached hydrogens (primary N) is 1. The van der Waals surface area contributed by atoms with Gasteiger partial charge in [-0.3, -0.25) is 9.58 Å². The van der Waals surface area contributed by atoms with Crippen molar-refractivity contribution in [3.8, 4) is 0 Å². The number of nitrogens with zero attached hydrogens (tertiary/aromatic N) is 3. The molecule has 0 bridgehead atoms. The van der Waals surface area contributed by atoms with Crippen molar-refractivity contribution in [2.75, 3.05) is 13.1 Å². The summed E-state index contributed by atoms with van der Waals surface area (Å²) < 4.78 is 39.9. The van der Waals surface area contributed by atoms with Gasteiger partial charge >= 0.3 is 6.18 Å². The highest BCUT2D eigenvalue weighted by Crippen LogP contribution is 2.28. The number of aryl methyl sites for hydroxylation is 1. The van der Waals surface area contributed by atoms with Crippen LogP contribution in [0.25, 0.3) is 0 Å². The molecule has 0 saturated heterocycles. The van der Waals surface area contributed by atoms with E-state index in [-0.39, 0.29) is 6.04 Å². The minimum Gasteiger partial charge on any atom is -0.326 e. The van der Waals surface area contributed by atoms with Crippen LogP contribution in [0.4, 0.5) is 13.2 Å². The van der Waals surface area contributed by atoms with Crippen LogP contribution in [0.2, 0.25) is 0 Å². The molecule has 1 aromatic heterocycles. The fourth-order valence-electron chi connectivity index (χ4n) is 2.38. The van der Waals surface area contributed by atoms with Gasteiger partial charge in [0.2, 0.25) is 0 Å². The molecule has 0 aromatic carbocycles. The molecule has 1 aromatic rings. The van der Waals surface area contributed by atoms with Crippen molar-refractivity contribution in [3.63, 3.8) is 0 Å². The molecule has 0 fully saturated rings. The van der Waals surface area contributed by atoms with E-state index in [0.29, 0.717) is 19.4 Å². The number of halogens is 3. The molecule has 1 rings (SSSR count). The van der Waals surface area contributed by atoms with Gasteiger partial charge in [0.05, 0.1) is 18.8 Å². The standard InChI is InChI=1S/C13H23F3N4/c1-4-6-20(9-13(14,15)16)12(11(17)5-2)10-7-18-19(3)8-10/h7-8,11-12H,4-6,9,17H2,1-3H3. The smallest absolute Gasteiger partial charge is 0.326 e. The zero-order valence-electron chi connectivity index (χ0n) is 12.2. The number of hydrogen-bond donors (Lipinski definition) is 1. The summed E-state index contributed by atoms with van der Waals surface area (Å²) in [6, 6.07) is -0.816. The number of aromatic nitrogens is 2. The normalized spacial score (nSPS) is 15.6. The average molecular weight is 292 g/mol. The number of alkyl halides is 3. The quantitative estimate of drug-likeness (QED) is 0.840. The van der Waals surface area contributed by atoms with Crippen molar-refractivity contribution >= 4 is 0 Å². The van der Waals surface area contributed by atoms with Gasteiger partial charge in [0.15, 0.2) is 0 Å². The summed E-state index contributed by atoms with van der Waals surface area (Å²) >= 11 is 0. The summed E-state index contributed by atoms with van der Waals surface area (Å²) in [4.78, 5) is 1.41. The summed E-state index contributed by atoms with van der Waals surface area (Å²) in [6.07, 6.45) is 0.350. The lowest BCUT2D eigenvalue weighted by atomic mass is 9.98. The van der Waals surface area contributed by atoms with Crippen molar-refractivity contribution in [2.45, 2.75) is 44.9 Å². The van der Waals surface area contributed by atoms with Gasteiger partial charge in [0.1, 0.15) is 0 Å². The molecule has 1 heterocycles. The van der Waals surface area contributed by atoms with Crippen LogP contribution in [-0.2, 0) is 7.05 Å². The van der Waals surface area contributed by atoms with Crippen molar-refractivity contribution < 1.29 is 13.2 Å². The molecule has 2 atom stereocenters. The summed E-state index contributed by atoms with van der Waals surface area (Å²) in [6.45, 7) is 3.15. The van der Waals surface area contributed by atoms with E-state index in [9.17, 15) is 13.2 Å². The van der Waals surface area contributed by atoms with E-state index in [0.717, 1.165) is 5.56 Å². The second-order valence-electron chi connectivity index (χ2n) is 5.05. The van der Waals surface area contributed by atoms with E-state index in [1.807, 2.05) is 13.8 Å². The fraction of sp³-hybridized carbons (Fsp3) is 0.769. The fourth-order valence-corrected chi connectivity index (χ4v) is 2.38. The van der Waals surface area contributed by atoms with Crippen LogP contribution in [0.1, 0.15) is 38.3 Å². The molecule has 0 aliphatic heterocycles. The molecule has 116 valence electrons. The van der Waals surface area contributed by atoms with Crippen LogP contribution in [0.5, 0.6) is 0 Å². The van der Waals surface area contributed by atoms with E-state index < -0.39 is 18.8 Å². The van der Waals surface area contributed by atoms with Crippen LogP contribution >= 0.6 is 0 Å². The molecule has 0 spiro atoms. The number of rotatable bonds is 7. The van der Waals surface area contributed by atoms with Crippen LogP contribution in [-0.4, -0.2) is 40.0 Å². The van der Waals surface area contributed by atoms with Crippen LogP contribution < -0.4 is 5.73 Å². The maximum Gasteiger partial charge on any atom is 0.401 e. The number of hydrogen-bond acceptors (Lipinski definition) is 3. The monoisotopic (exact) mass is 292 g/mol. The van der Waals surface area contributed by atoms with Gasteiger partial charge in [-0.25, -0.2) is 0 Å². The minimum atomic E-state index is -4.23. The summed E-state index contributed by atoms with van der Waals surface area (Å²) in [5.41, 5.74) is 6.80. The summed E-state index contributed by atoms with van der Waals surface area (Å²) in [7, 11) is 1.74. The van der Waals surface area contributed by atoms with Gasteiger partial charge in [-0.2, -0.15) is 18.3 Å². The first-order chi connectivity index (χ1) is 9.28. The molecule has 7 heteroatoms. The van der Waals surface area contributed by atoms with Crippen molar-refractivity contribution in [1.29, 1.82) is 0 Å². The van der Waals surface area contributed by atoms with E-state index in [1.165, 1.54) is 4.90 Å². The van der Waals surface area contributed by atoms with Crippen molar-refractivity contribution in [2.24, 2.45) is 12.8 Å². The molecule has 4 nitrogen and oxygen atoms in total. The molecule has 0 aliphatic carbocycles. The molecule has 20 heavy (non-hydrogen) atoms. The summed E-state index contributed by atoms with van der Waals surface area (Å²) in [5, 5.41) is 4.05. The second-order valence-corrected chi connectivity index (χ2v) is 5.05. The highest BCUT2D eigenvalue weighted by atomic mass is 19.4. The lowest BCUT2D eigenvalue weighted by molar-refractivity contribution is -0.152. The molecule has 0 radical (unpaired) electrons. The highest BCUT2D eigenvalue weighted by Gasteiger charge is 2.36. The van der Waals surface area contributed by atoms with Gasteiger partial charge in [0, 0.05) is 24.8 Å². The summed E-state index contributed by atoms with van der Waals surface area (Å²) in [5.74, 6) is 0. The first-order valence-corrected chi connectivity index (χ1v) is 6.83. The predicted octanol–water partition coefficient (Wildman–Crippen LogP) is 2.47. The zero-order valence-corrected chi connectivity index (χ0v) is 12.2. The van der Waals surface area contributed by atoms with E-state index in [1.54, 1.807) is 24.1 Å². The van der Waals surface area contributed by atoms with Gasteiger partial charge in [-0.1, -0.05) is 13.8 Å². The Kier molecular flexibility index (Phi) is 6.01. The predicted molar refractivity (Wildman–Crippen MR) is 72.1 cm³/mol. The van der Waals surface area contributed by atoms with Gasteiger partial charge < -0.3 is 5.73 Å². The SMILES string of the molecule is CCCN(CC(F)(F)F)C(c1cnn(C)c1)C(N)CC. The third-order valence-corrected chi connectivity index (χ3v) is 3.23. The highest BCUT2D eigenvalue weighted by molar-refractivity contribution is 5.13. The Hall–Kier alpha value is -1.08. The molecule has 2 N–H and O–H groups in total. The average Bonchev–Trinajstić information content (AvgIpc) is 2.74. The van der Waals surface area contributed by atoms with Crippen LogP contribution in [0.3, 0.4) is 0 Å². The third-order valence-electron chi connectivity index (χ3n) is 3.23. The third kappa shape index (κ3) is 4.79. The van der Waals surface area contributed by atoms with Gasteiger partial charge in [-0.05, 0) is 19.4 Å². The first kappa shape index (κ1) is 17.0. The molecular weight excluding hydrogens is 269 g/mol. The van der Waals surface area contributed by atoms with Crippen LogP contribution in [0, 0.1) is 0 Å². The Morgan fingerprint density at radius 2 is 2.05 bits per heavy atom. The Bertz CT molecular complexity index is 403. The van der Waals surface area contributed by atoms with Gasteiger partial charge in [0.25, 0.3) is 0 Å². The lowest BCUT2D eigenvalue weighted by Crippen LogP contribution is -2.45. The van der Waals surface area contributed by atoms with E-state index >= 15 is 0 Å². The molecule has 0 aliphatic rings. The molecule has 0 amide bonds.